The Balaban J connectivity index is 1.72. The Kier molecular flexibility index (Phi) is 3.97. The highest BCUT2D eigenvalue weighted by molar-refractivity contribution is 5.78. The number of nitrogens with one attached hydrogen (secondary N) is 2. The van der Waals surface area contributed by atoms with Crippen LogP contribution in [0.2, 0.25) is 0 Å². The molecule has 0 radical (unpaired) electrons. The zero-order valence-electron chi connectivity index (χ0n) is 15.2. The average Bonchev–Trinajstić information content (AvgIpc) is 2.68. The highest BCUT2D eigenvalue weighted by atomic mass is 15.3. The van der Waals surface area contributed by atoms with Crippen molar-refractivity contribution in [3.8, 4) is 0 Å². The lowest BCUT2D eigenvalue weighted by molar-refractivity contribution is 0.145. The summed E-state index contributed by atoms with van der Waals surface area (Å²) < 4.78 is 1.85. The molecule has 0 spiro atoms. The first kappa shape index (κ1) is 16.4. The molecule has 0 aromatic carbocycles. The topological polar surface area (TPSA) is 54.8 Å². The molecule has 5 nitrogen and oxygen atoms in total. The Morgan fingerprint density at radius 2 is 1.91 bits per heavy atom. The Labute approximate surface area is 138 Å². The van der Waals surface area contributed by atoms with Crippen molar-refractivity contribution >= 4 is 11.0 Å². The van der Waals surface area contributed by atoms with Gasteiger partial charge in [0.2, 0.25) is 0 Å². The normalized spacial score (nSPS) is 21.0. The van der Waals surface area contributed by atoms with Gasteiger partial charge in [0.25, 0.3) is 0 Å². The summed E-state index contributed by atoms with van der Waals surface area (Å²) in [5.74, 6) is 0. The van der Waals surface area contributed by atoms with Crippen LogP contribution >= 0.6 is 0 Å². The van der Waals surface area contributed by atoms with Crippen LogP contribution in [0.25, 0.3) is 11.0 Å². The summed E-state index contributed by atoms with van der Waals surface area (Å²) in [6.07, 6.45) is 4.24. The van der Waals surface area contributed by atoms with Crippen molar-refractivity contribution in [1.29, 1.82) is 0 Å². The van der Waals surface area contributed by atoms with Gasteiger partial charge in [0.15, 0.2) is 5.65 Å². The maximum Gasteiger partial charge on any atom is 0.157 e. The van der Waals surface area contributed by atoms with Crippen molar-refractivity contribution < 1.29 is 0 Å². The first-order valence-corrected chi connectivity index (χ1v) is 8.46. The van der Waals surface area contributed by atoms with Crippen molar-refractivity contribution in [3.63, 3.8) is 0 Å². The highest BCUT2D eigenvalue weighted by Crippen LogP contribution is 2.28. The molecule has 1 fully saturated rings. The van der Waals surface area contributed by atoms with Gasteiger partial charge in [-0.05, 0) is 59.1 Å². The average molecular weight is 315 g/mol. The van der Waals surface area contributed by atoms with E-state index >= 15 is 0 Å². The molecule has 3 heterocycles. The van der Waals surface area contributed by atoms with E-state index in [0.29, 0.717) is 6.04 Å². The Hall–Kier alpha value is -1.46. The number of fused-ring (bicyclic) bond motifs is 1. The molecular weight excluding hydrogens is 286 g/mol. The summed E-state index contributed by atoms with van der Waals surface area (Å²) in [7, 11) is 1.94. The van der Waals surface area contributed by atoms with E-state index in [9.17, 15) is 0 Å². The lowest BCUT2D eigenvalue weighted by atomic mass is 9.79. The fourth-order valence-corrected chi connectivity index (χ4v) is 4.18. The fourth-order valence-electron chi connectivity index (χ4n) is 4.18. The largest absolute Gasteiger partial charge is 0.310 e. The molecule has 1 aliphatic heterocycles. The van der Waals surface area contributed by atoms with Gasteiger partial charge in [0.1, 0.15) is 0 Å². The summed E-state index contributed by atoms with van der Waals surface area (Å²) >= 11 is 0. The fraction of sp³-hybridized carbons (Fsp3) is 0.667. The molecule has 2 aromatic heterocycles. The Morgan fingerprint density at radius 3 is 2.57 bits per heavy atom. The number of rotatable bonds is 3. The van der Waals surface area contributed by atoms with Gasteiger partial charge in [0, 0.05) is 42.3 Å². The van der Waals surface area contributed by atoms with Crippen LogP contribution in [0.5, 0.6) is 0 Å². The third kappa shape index (κ3) is 3.56. The van der Waals surface area contributed by atoms with Crippen LogP contribution in [0.3, 0.4) is 0 Å². The van der Waals surface area contributed by atoms with Crippen LogP contribution in [0.15, 0.2) is 12.3 Å². The van der Waals surface area contributed by atoms with Crippen molar-refractivity contribution in [3.05, 3.63) is 23.5 Å². The van der Waals surface area contributed by atoms with Gasteiger partial charge < -0.3 is 10.6 Å². The summed E-state index contributed by atoms with van der Waals surface area (Å²) in [4.78, 5) is 4.57. The molecule has 1 aliphatic rings. The molecule has 3 rings (SSSR count). The molecule has 2 aromatic rings. The van der Waals surface area contributed by atoms with Crippen molar-refractivity contribution in [2.75, 3.05) is 0 Å². The van der Waals surface area contributed by atoms with Gasteiger partial charge >= 0.3 is 0 Å². The van der Waals surface area contributed by atoms with Gasteiger partial charge in [-0.3, -0.25) is 4.68 Å². The van der Waals surface area contributed by atoms with Crippen LogP contribution in [-0.4, -0.2) is 31.9 Å². The number of hydrogen-bond acceptors (Lipinski definition) is 4. The SMILES string of the molecule is Cc1nn(C)c2ncc(CNC3CC(C)(C)NC(C)(C)C3)cc12. The van der Waals surface area contributed by atoms with E-state index < -0.39 is 0 Å². The first-order chi connectivity index (χ1) is 10.7. The molecule has 0 bridgehead atoms. The van der Waals surface area contributed by atoms with E-state index in [1.54, 1.807) is 0 Å². The Bertz CT molecular complexity index is 698. The number of nitrogens with zero attached hydrogens (tertiary/aromatic N) is 3. The number of piperidine rings is 1. The van der Waals surface area contributed by atoms with Crippen LogP contribution in [-0.2, 0) is 13.6 Å². The molecule has 0 aliphatic carbocycles. The zero-order valence-corrected chi connectivity index (χ0v) is 15.2. The Morgan fingerprint density at radius 1 is 1.26 bits per heavy atom. The highest BCUT2D eigenvalue weighted by Gasteiger charge is 2.37. The molecular formula is C18H29N5. The molecule has 0 amide bonds. The van der Waals surface area contributed by atoms with Gasteiger partial charge in [-0.15, -0.1) is 0 Å². The smallest absolute Gasteiger partial charge is 0.157 e. The maximum atomic E-state index is 4.57. The summed E-state index contributed by atoms with van der Waals surface area (Å²) in [6, 6.07) is 2.74. The minimum atomic E-state index is 0.168. The monoisotopic (exact) mass is 315 g/mol. The zero-order chi connectivity index (χ0) is 16.8. The second-order valence-corrected chi connectivity index (χ2v) is 8.30. The standard InChI is InChI=1S/C18H29N5/c1-12-15-7-13(11-20-16(15)23(6)21-12)10-19-14-8-17(2,3)22-18(4,5)9-14/h7,11,14,19,22H,8-10H2,1-6H3. The molecule has 0 saturated carbocycles. The quantitative estimate of drug-likeness (QED) is 0.914. The van der Waals surface area contributed by atoms with Crippen molar-refractivity contribution in [1.82, 2.24) is 25.4 Å². The van der Waals surface area contributed by atoms with Crippen LogP contribution in [0, 0.1) is 6.92 Å². The van der Waals surface area contributed by atoms with Crippen LogP contribution in [0.4, 0.5) is 0 Å². The molecule has 1 saturated heterocycles. The second-order valence-electron chi connectivity index (χ2n) is 8.30. The molecule has 23 heavy (non-hydrogen) atoms. The molecule has 126 valence electrons. The first-order valence-electron chi connectivity index (χ1n) is 8.46. The number of pyridine rings is 1. The van der Waals surface area contributed by atoms with Gasteiger partial charge in [0.05, 0.1) is 5.69 Å². The lowest BCUT2D eigenvalue weighted by Crippen LogP contribution is -2.61. The van der Waals surface area contributed by atoms with Gasteiger partial charge in [-0.2, -0.15) is 5.10 Å². The third-order valence-electron chi connectivity index (χ3n) is 4.70. The number of aromatic nitrogens is 3. The van der Waals surface area contributed by atoms with Gasteiger partial charge in [-0.25, -0.2) is 4.98 Å². The molecule has 2 N–H and O–H groups in total. The summed E-state index contributed by atoms with van der Waals surface area (Å²) in [5.41, 5.74) is 3.56. The molecule has 5 heteroatoms. The second kappa shape index (κ2) is 5.56. The predicted octanol–water partition coefficient (Wildman–Crippen LogP) is 2.68. The minimum absolute atomic E-state index is 0.168. The van der Waals surface area contributed by atoms with E-state index in [1.165, 1.54) is 5.56 Å². The van der Waals surface area contributed by atoms with Crippen molar-refractivity contribution in [2.24, 2.45) is 7.05 Å². The van der Waals surface area contributed by atoms with Gasteiger partial charge in [-0.1, -0.05) is 0 Å². The summed E-state index contributed by atoms with van der Waals surface area (Å²) in [6.45, 7) is 12.0. The van der Waals surface area contributed by atoms with E-state index in [0.717, 1.165) is 36.1 Å². The van der Waals surface area contributed by atoms with E-state index in [1.807, 2.05) is 24.9 Å². The van der Waals surface area contributed by atoms with E-state index in [-0.39, 0.29) is 11.1 Å². The predicted molar refractivity (Wildman–Crippen MR) is 94.4 cm³/mol. The number of hydrogen-bond donors (Lipinski definition) is 2. The van der Waals surface area contributed by atoms with E-state index in [4.69, 9.17) is 0 Å². The minimum Gasteiger partial charge on any atom is -0.310 e. The van der Waals surface area contributed by atoms with Crippen LogP contribution < -0.4 is 10.6 Å². The maximum absolute atomic E-state index is 4.57. The van der Waals surface area contributed by atoms with Crippen LogP contribution in [0.1, 0.15) is 51.8 Å². The molecule has 0 atom stereocenters. The van der Waals surface area contributed by atoms with Crippen molar-refractivity contribution in [2.45, 2.75) is 71.1 Å². The number of aryl methyl sites for hydroxylation is 2. The van der Waals surface area contributed by atoms with E-state index in [2.05, 4.69) is 54.5 Å². The summed E-state index contributed by atoms with van der Waals surface area (Å²) in [5, 5.41) is 13.1. The lowest BCUT2D eigenvalue weighted by Gasteiger charge is -2.46. The molecule has 0 unspecified atom stereocenters. The third-order valence-corrected chi connectivity index (χ3v) is 4.70.